The first-order chi connectivity index (χ1) is 19.9. The lowest BCUT2D eigenvalue weighted by Crippen LogP contribution is -2.43. The number of H-pyrrole nitrogens is 1. The molecular formula is C25H28Cl2F3N5O6S2. The molecule has 0 radical (unpaired) electrons. The van der Waals surface area contributed by atoms with Crippen molar-refractivity contribution in [2.24, 2.45) is 0 Å². The number of halogens is 5. The third-order valence-corrected chi connectivity index (χ3v) is 11.2. The van der Waals surface area contributed by atoms with Crippen LogP contribution < -0.4 is 16.0 Å². The molecule has 1 aliphatic rings. The maximum absolute atomic E-state index is 14.3. The molecule has 1 saturated heterocycles. The maximum atomic E-state index is 14.3. The fourth-order valence-corrected chi connectivity index (χ4v) is 7.30. The van der Waals surface area contributed by atoms with Gasteiger partial charge in [-0.05, 0) is 41.8 Å². The molecule has 1 aliphatic heterocycles. The average Bonchev–Trinajstić information content (AvgIpc) is 3.33. The standard InChI is InChI=1S/C25H28Cl2F3N5O6S2/c1-4-42(38,39)20-6-5-15(26)9-14(20)11-35-23(36)17-10-19(25(28,29)30)18(21(27)22(17)31-24(35)37)13-34-8-7-16(12-34)32-43(40,41)33(2)3/h5-6,9-10,16,32H,4,7-8,11-13H2,1-3H3,(H,31,37). The normalized spacial score (nSPS) is 16.9. The Balaban J connectivity index is 1.78. The molecule has 0 saturated carbocycles. The third-order valence-electron chi connectivity index (χ3n) is 7.14. The van der Waals surface area contributed by atoms with Crippen molar-refractivity contribution in [1.29, 1.82) is 0 Å². The molecule has 2 aromatic carbocycles. The van der Waals surface area contributed by atoms with E-state index in [1.54, 1.807) is 4.90 Å². The zero-order chi connectivity index (χ0) is 32.1. The van der Waals surface area contributed by atoms with E-state index >= 15 is 0 Å². The van der Waals surface area contributed by atoms with Gasteiger partial charge in [-0.3, -0.25) is 14.3 Å². The van der Waals surface area contributed by atoms with E-state index in [0.717, 1.165) is 4.31 Å². The molecule has 0 aliphatic carbocycles. The number of aromatic nitrogens is 2. The highest BCUT2D eigenvalue weighted by molar-refractivity contribution is 7.91. The van der Waals surface area contributed by atoms with Crippen molar-refractivity contribution in [1.82, 2.24) is 23.5 Å². The Kier molecular flexibility index (Phi) is 9.44. The van der Waals surface area contributed by atoms with Gasteiger partial charge in [0.1, 0.15) is 0 Å². The molecule has 2 heterocycles. The Labute approximate surface area is 255 Å². The van der Waals surface area contributed by atoms with Gasteiger partial charge in [-0.2, -0.15) is 30.6 Å². The fourth-order valence-electron chi connectivity index (χ4n) is 4.86. The summed E-state index contributed by atoms with van der Waals surface area (Å²) < 4.78 is 96.5. The topological polar surface area (TPSA) is 142 Å². The first-order valence-electron chi connectivity index (χ1n) is 12.8. The first kappa shape index (κ1) is 33.4. The highest BCUT2D eigenvalue weighted by atomic mass is 35.5. The number of hydrogen-bond donors (Lipinski definition) is 2. The van der Waals surface area contributed by atoms with Gasteiger partial charge in [0.2, 0.25) is 0 Å². The maximum Gasteiger partial charge on any atom is 0.416 e. The molecule has 11 nitrogen and oxygen atoms in total. The van der Waals surface area contributed by atoms with E-state index < -0.39 is 71.6 Å². The van der Waals surface area contributed by atoms with Crippen molar-refractivity contribution in [3.8, 4) is 0 Å². The Hall–Kier alpha value is -2.47. The van der Waals surface area contributed by atoms with Crippen LogP contribution in [-0.2, 0) is 39.3 Å². The Bertz CT molecular complexity index is 1910. The third kappa shape index (κ3) is 6.95. The summed E-state index contributed by atoms with van der Waals surface area (Å²) in [6.45, 7) is 0.839. The molecule has 0 spiro atoms. The van der Waals surface area contributed by atoms with Crippen LogP contribution in [0, 0.1) is 0 Å². The number of aromatic amines is 1. The van der Waals surface area contributed by atoms with Gasteiger partial charge in [-0.1, -0.05) is 30.1 Å². The minimum Gasteiger partial charge on any atom is -0.305 e. The molecule has 1 fully saturated rings. The number of nitrogens with zero attached hydrogens (tertiary/aromatic N) is 3. The molecule has 2 N–H and O–H groups in total. The summed E-state index contributed by atoms with van der Waals surface area (Å²) in [6.07, 6.45) is -4.61. The average molecular weight is 687 g/mol. The van der Waals surface area contributed by atoms with E-state index in [1.807, 2.05) is 0 Å². The van der Waals surface area contributed by atoms with Crippen molar-refractivity contribution in [3.63, 3.8) is 0 Å². The number of hydrogen-bond acceptors (Lipinski definition) is 7. The largest absolute Gasteiger partial charge is 0.416 e. The van der Waals surface area contributed by atoms with Gasteiger partial charge in [-0.15, -0.1) is 0 Å². The molecule has 3 aromatic rings. The highest BCUT2D eigenvalue weighted by Gasteiger charge is 2.37. The van der Waals surface area contributed by atoms with Gasteiger partial charge < -0.3 is 4.98 Å². The molecule has 0 amide bonds. The molecule has 1 atom stereocenters. The molecule has 236 valence electrons. The molecule has 1 aromatic heterocycles. The summed E-state index contributed by atoms with van der Waals surface area (Å²) >= 11 is 12.5. The monoisotopic (exact) mass is 685 g/mol. The second kappa shape index (κ2) is 12.1. The second-order valence-corrected chi connectivity index (χ2v) is 15.2. The van der Waals surface area contributed by atoms with Crippen LogP contribution in [-0.4, -0.2) is 74.6 Å². The van der Waals surface area contributed by atoms with Gasteiger partial charge in [0, 0.05) is 44.8 Å². The van der Waals surface area contributed by atoms with E-state index in [4.69, 9.17) is 23.2 Å². The molecule has 1 unspecified atom stereocenters. The van der Waals surface area contributed by atoms with Crippen molar-refractivity contribution < 1.29 is 30.0 Å². The quantitative estimate of drug-likeness (QED) is 0.353. The van der Waals surface area contributed by atoms with Crippen LogP contribution in [0.5, 0.6) is 0 Å². The number of fused-ring (bicyclic) bond motifs is 1. The summed E-state index contributed by atoms with van der Waals surface area (Å²) in [4.78, 5) is 30.3. The zero-order valence-electron chi connectivity index (χ0n) is 23.1. The first-order valence-corrected chi connectivity index (χ1v) is 16.7. The minimum atomic E-state index is -4.94. The molecular weight excluding hydrogens is 658 g/mol. The summed E-state index contributed by atoms with van der Waals surface area (Å²) in [5.41, 5.74) is -4.03. The van der Waals surface area contributed by atoms with Gasteiger partial charge >= 0.3 is 11.9 Å². The number of nitrogens with one attached hydrogen (secondary N) is 2. The lowest BCUT2D eigenvalue weighted by molar-refractivity contribution is -0.138. The summed E-state index contributed by atoms with van der Waals surface area (Å²) in [5, 5.41) is -0.887. The Morgan fingerprint density at radius 2 is 1.77 bits per heavy atom. The summed E-state index contributed by atoms with van der Waals surface area (Å²) in [7, 11) is -4.88. The molecule has 4 rings (SSSR count). The summed E-state index contributed by atoms with van der Waals surface area (Å²) in [6, 6.07) is 3.88. The van der Waals surface area contributed by atoms with Crippen LogP contribution >= 0.6 is 23.2 Å². The Morgan fingerprint density at radius 3 is 2.37 bits per heavy atom. The van der Waals surface area contributed by atoms with Crippen molar-refractivity contribution in [3.05, 3.63) is 71.8 Å². The number of benzene rings is 2. The molecule has 18 heteroatoms. The van der Waals surface area contributed by atoms with Crippen LogP contribution in [0.15, 0.2) is 38.8 Å². The Morgan fingerprint density at radius 1 is 1.09 bits per heavy atom. The van der Waals surface area contributed by atoms with E-state index in [0.29, 0.717) is 17.1 Å². The van der Waals surface area contributed by atoms with Gasteiger partial charge in [0.25, 0.3) is 15.8 Å². The minimum absolute atomic E-state index is 0.00791. The fraction of sp³-hybridized carbons (Fsp3) is 0.440. The number of alkyl halides is 3. The lowest BCUT2D eigenvalue weighted by Gasteiger charge is -2.22. The number of rotatable bonds is 9. The van der Waals surface area contributed by atoms with Gasteiger partial charge in [0.15, 0.2) is 9.84 Å². The van der Waals surface area contributed by atoms with Crippen LogP contribution in [0.3, 0.4) is 0 Å². The van der Waals surface area contributed by atoms with Gasteiger partial charge in [0.05, 0.1) is 38.7 Å². The van der Waals surface area contributed by atoms with Crippen LogP contribution in [0.2, 0.25) is 10.0 Å². The smallest absolute Gasteiger partial charge is 0.305 e. The van der Waals surface area contributed by atoms with Crippen molar-refractivity contribution >= 4 is 54.2 Å². The molecule has 43 heavy (non-hydrogen) atoms. The van der Waals surface area contributed by atoms with Crippen LogP contribution in [0.4, 0.5) is 13.2 Å². The molecule has 0 bridgehead atoms. The van der Waals surface area contributed by atoms with Crippen LogP contribution in [0.1, 0.15) is 30.0 Å². The van der Waals surface area contributed by atoms with E-state index in [-0.39, 0.29) is 46.4 Å². The van der Waals surface area contributed by atoms with E-state index in [1.165, 1.54) is 39.2 Å². The van der Waals surface area contributed by atoms with Crippen molar-refractivity contribution in [2.75, 3.05) is 32.9 Å². The SMILES string of the molecule is CCS(=O)(=O)c1ccc(Cl)cc1Cn1c(=O)[nH]c2c(Cl)c(CN3CCC(NS(=O)(=O)N(C)C)C3)c(C(F)(F)F)cc2c1=O. The predicted octanol–water partition coefficient (Wildman–Crippen LogP) is 2.83. The van der Waals surface area contributed by atoms with E-state index in [9.17, 15) is 39.6 Å². The predicted molar refractivity (Wildman–Crippen MR) is 157 cm³/mol. The number of sulfone groups is 1. The van der Waals surface area contributed by atoms with Gasteiger partial charge in [-0.25, -0.2) is 13.2 Å². The van der Waals surface area contributed by atoms with E-state index in [2.05, 4.69) is 9.71 Å². The van der Waals surface area contributed by atoms with Crippen molar-refractivity contribution in [2.45, 2.75) is 43.5 Å². The van der Waals surface area contributed by atoms with Crippen LogP contribution in [0.25, 0.3) is 10.9 Å². The lowest BCUT2D eigenvalue weighted by atomic mass is 10.0. The second-order valence-electron chi connectivity index (χ2n) is 10.2. The number of likely N-dealkylation sites (tertiary alicyclic amines) is 1. The summed E-state index contributed by atoms with van der Waals surface area (Å²) in [5.74, 6) is -0.281. The zero-order valence-corrected chi connectivity index (χ0v) is 26.3. The highest BCUT2D eigenvalue weighted by Crippen LogP contribution is 2.39.